The molecule has 3 N–H and O–H groups in total. The van der Waals surface area contributed by atoms with E-state index in [0.717, 1.165) is 10.9 Å². The molecule has 5 heteroatoms. The number of aromatic amines is 1. The monoisotopic (exact) mass is 246 g/mol. The molecule has 0 bridgehead atoms. The van der Waals surface area contributed by atoms with Gasteiger partial charge in [0.2, 0.25) is 5.91 Å². The Morgan fingerprint density at radius 3 is 2.83 bits per heavy atom. The first-order valence-corrected chi connectivity index (χ1v) is 5.85. The molecule has 2 aliphatic carbocycles. The Labute approximate surface area is 102 Å². The number of carbonyl (C=O) groups is 1. The van der Waals surface area contributed by atoms with Gasteiger partial charge in [0.15, 0.2) is 0 Å². The lowest BCUT2D eigenvalue weighted by Gasteiger charge is -2.04. The summed E-state index contributed by atoms with van der Waals surface area (Å²) in [5.74, 6) is -0.123. The molecule has 2 saturated carbocycles. The van der Waals surface area contributed by atoms with Crippen molar-refractivity contribution in [1.82, 2.24) is 4.98 Å². The number of alkyl halides is 1. The van der Waals surface area contributed by atoms with E-state index < -0.39 is 11.1 Å². The lowest BCUT2D eigenvalue weighted by atomic mass is 10.2. The van der Waals surface area contributed by atoms with Gasteiger partial charge in [0, 0.05) is 29.9 Å². The van der Waals surface area contributed by atoms with Crippen molar-refractivity contribution in [1.29, 1.82) is 0 Å². The Morgan fingerprint density at radius 2 is 2.17 bits per heavy atom. The molecule has 2 aliphatic rings. The van der Waals surface area contributed by atoms with Crippen LogP contribution in [-0.2, 0) is 4.79 Å². The number of amides is 1. The molecule has 4 nitrogen and oxygen atoms in total. The van der Waals surface area contributed by atoms with Crippen molar-refractivity contribution in [3.8, 4) is 5.75 Å². The summed E-state index contributed by atoms with van der Waals surface area (Å²) in [7, 11) is 0. The molecule has 0 radical (unpaired) electrons. The van der Waals surface area contributed by atoms with Crippen molar-refractivity contribution in [2.45, 2.75) is 18.5 Å². The van der Waals surface area contributed by atoms with Crippen LogP contribution in [0.1, 0.15) is 12.8 Å². The second-order valence-corrected chi connectivity index (χ2v) is 5.29. The van der Waals surface area contributed by atoms with E-state index in [2.05, 4.69) is 10.3 Å². The van der Waals surface area contributed by atoms with E-state index in [1.54, 1.807) is 24.4 Å². The third-order valence-electron chi connectivity index (χ3n) is 4.12. The molecule has 0 spiro atoms. The van der Waals surface area contributed by atoms with E-state index in [-0.39, 0.29) is 11.7 Å². The van der Waals surface area contributed by atoms with Crippen LogP contribution in [0.25, 0.3) is 10.9 Å². The molecule has 0 unspecified atom stereocenters. The number of halogens is 1. The number of phenolic OH excluding ortho intramolecular Hbond substituents is 1. The van der Waals surface area contributed by atoms with Crippen molar-refractivity contribution in [3.63, 3.8) is 0 Å². The molecule has 1 amide bonds. The van der Waals surface area contributed by atoms with Gasteiger partial charge < -0.3 is 15.4 Å². The Kier molecular flexibility index (Phi) is 1.48. The van der Waals surface area contributed by atoms with Crippen LogP contribution in [0.4, 0.5) is 10.1 Å². The Balaban J connectivity index is 1.67. The molecule has 4 rings (SSSR count). The number of hydrogen-bond donors (Lipinski definition) is 3. The summed E-state index contributed by atoms with van der Waals surface area (Å²) >= 11 is 0. The molecule has 18 heavy (non-hydrogen) atoms. The largest absolute Gasteiger partial charge is 0.508 e. The maximum absolute atomic E-state index is 13.5. The Morgan fingerprint density at radius 1 is 1.44 bits per heavy atom. The normalized spacial score (nSPS) is 32.1. The van der Waals surface area contributed by atoms with Crippen LogP contribution in [0, 0.1) is 5.41 Å². The Bertz CT molecular complexity index is 685. The maximum atomic E-state index is 13.5. The third kappa shape index (κ3) is 1.06. The van der Waals surface area contributed by atoms with Crippen molar-refractivity contribution in [2.24, 2.45) is 5.41 Å². The van der Waals surface area contributed by atoms with Crippen molar-refractivity contribution >= 4 is 22.5 Å². The zero-order valence-electron chi connectivity index (χ0n) is 9.46. The van der Waals surface area contributed by atoms with E-state index in [4.69, 9.17) is 0 Å². The summed E-state index contributed by atoms with van der Waals surface area (Å²) in [5, 5.41) is 12.9. The molecule has 2 aromatic rings. The van der Waals surface area contributed by atoms with Gasteiger partial charge in [-0.25, -0.2) is 4.39 Å². The van der Waals surface area contributed by atoms with E-state index in [0.29, 0.717) is 18.5 Å². The average Bonchev–Trinajstić information content (AvgIpc) is 3.02. The summed E-state index contributed by atoms with van der Waals surface area (Å²) in [6.45, 7) is 0. The number of nitrogens with one attached hydrogen (secondary N) is 2. The van der Waals surface area contributed by atoms with Crippen molar-refractivity contribution < 1.29 is 14.3 Å². The first-order valence-electron chi connectivity index (χ1n) is 5.85. The summed E-state index contributed by atoms with van der Waals surface area (Å²) in [6, 6.07) is 4.87. The van der Waals surface area contributed by atoms with Gasteiger partial charge in [-0.3, -0.25) is 4.79 Å². The van der Waals surface area contributed by atoms with E-state index in [1.807, 2.05) is 0 Å². The van der Waals surface area contributed by atoms with Crippen LogP contribution in [0.3, 0.4) is 0 Å². The molecule has 92 valence electrons. The minimum absolute atomic E-state index is 0.133. The molecule has 0 atom stereocenters. The van der Waals surface area contributed by atoms with E-state index in [1.165, 1.54) is 0 Å². The topological polar surface area (TPSA) is 65.1 Å². The minimum atomic E-state index is -1.23. The SMILES string of the molecule is O=C(Nc1c[nH]c2ccc(O)cc12)C12CC1(F)C2. The predicted molar refractivity (Wildman–Crippen MR) is 64.1 cm³/mol. The zero-order chi connectivity index (χ0) is 12.5. The number of aromatic nitrogens is 1. The highest BCUT2D eigenvalue weighted by atomic mass is 19.1. The molecule has 0 saturated heterocycles. The van der Waals surface area contributed by atoms with Crippen molar-refractivity contribution in [3.05, 3.63) is 24.4 Å². The van der Waals surface area contributed by atoms with Gasteiger partial charge in [0.25, 0.3) is 0 Å². The second kappa shape index (κ2) is 2.68. The number of fused-ring (bicyclic) bond motifs is 2. The summed E-state index contributed by atoms with van der Waals surface area (Å²) in [4.78, 5) is 14.9. The molecule has 1 heterocycles. The van der Waals surface area contributed by atoms with Gasteiger partial charge in [0.05, 0.1) is 11.1 Å². The van der Waals surface area contributed by atoms with Gasteiger partial charge in [-0.1, -0.05) is 0 Å². The summed E-state index contributed by atoms with van der Waals surface area (Å²) in [5.41, 5.74) is -0.584. The fraction of sp³-hybridized carbons (Fsp3) is 0.308. The Hall–Kier alpha value is -2.04. The lowest BCUT2D eigenvalue weighted by Crippen LogP contribution is -2.17. The van der Waals surface area contributed by atoms with Gasteiger partial charge in [-0.05, 0) is 18.2 Å². The number of hydrogen-bond acceptors (Lipinski definition) is 2. The third-order valence-corrected chi connectivity index (χ3v) is 4.12. The molecule has 1 aromatic heterocycles. The number of H-pyrrole nitrogens is 1. The standard InChI is InChI=1S/C13H11FN2O2/c14-13-5-12(13,6-13)11(18)16-10-4-15-9-2-1-7(17)3-8(9)10/h1-4,15,17H,5-6H2,(H,16,18). The number of aromatic hydroxyl groups is 1. The molecule has 2 fully saturated rings. The fourth-order valence-electron chi connectivity index (χ4n) is 2.63. The van der Waals surface area contributed by atoms with Crippen LogP contribution < -0.4 is 5.32 Å². The first-order chi connectivity index (χ1) is 8.54. The highest BCUT2D eigenvalue weighted by Gasteiger charge is 2.89. The van der Waals surface area contributed by atoms with Gasteiger partial charge >= 0.3 is 0 Å². The zero-order valence-corrected chi connectivity index (χ0v) is 9.46. The van der Waals surface area contributed by atoms with Crippen LogP contribution >= 0.6 is 0 Å². The lowest BCUT2D eigenvalue weighted by molar-refractivity contribution is -0.119. The molecular weight excluding hydrogens is 235 g/mol. The van der Waals surface area contributed by atoms with Crippen LogP contribution in [0.2, 0.25) is 0 Å². The first kappa shape index (κ1) is 9.94. The fourth-order valence-corrected chi connectivity index (χ4v) is 2.63. The molecule has 1 aromatic carbocycles. The highest BCUT2D eigenvalue weighted by molar-refractivity contribution is 6.07. The van der Waals surface area contributed by atoms with Gasteiger partial charge in [-0.2, -0.15) is 0 Å². The predicted octanol–water partition coefficient (Wildman–Crippen LogP) is 2.31. The summed E-state index contributed by atoms with van der Waals surface area (Å²) < 4.78 is 13.5. The number of rotatable bonds is 2. The number of carbonyl (C=O) groups excluding carboxylic acids is 1. The maximum Gasteiger partial charge on any atom is 0.234 e. The van der Waals surface area contributed by atoms with E-state index >= 15 is 0 Å². The van der Waals surface area contributed by atoms with Crippen molar-refractivity contribution in [2.75, 3.05) is 5.32 Å². The molecular formula is C13H11FN2O2. The highest BCUT2D eigenvalue weighted by Crippen LogP contribution is 2.81. The number of benzene rings is 1. The smallest absolute Gasteiger partial charge is 0.234 e. The average molecular weight is 246 g/mol. The quantitative estimate of drug-likeness (QED) is 0.761. The number of phenols is 1. The van der Waals surface area contributed by atoms with Crippen LogP contribution in [-0.4, -0.2) is 21.7 Å². The van der Waals surface area contributed by atoms with Crippen LogP contribution in [0.15, 0.2) is 24.4 Å². The van der Waals surface area contributed by atoms with Gasteiger partial charge in [0.1, 0.15) is 11.4 Å². The second-order valence-electron chi connectivity index (χ2n) is 5.29. The minimum Gasteiger partial charge on any atom is -0.508 e. The number of anilines is 1. The molecule has 0 aliphatic heterocycles. The van der Waals surface area contributed by atoms with Crippen LogP contribution in [0.5, 0.6) is 5.75 Å². The summed E-state index contributed by atoms with van der Waals surface area (Å²) in [6.07, 6.45) is 2.35. The van der Waals surface area contributed by atoms with E-state index in [9.17, 15) is 14.3 Å². The van der Waals surface area contributed by atoms with Gasteiger partial charge in [-0.15, -0.1) is 0 Å².